The van der Waals surface area contributed by atoms with Crippen LogP contribution in [-0.4, -0.2) is 32.4 Å². The molecule has 0 aliphatic heterocycles. The number of hydrogen-bond donors (Lipinski definition) is 1. The standard InChI is InChI=1S/C18H19ClN2O4/c1-12(25-15-9-7-14(19)8-10-15)18(22)21-20-11-13-5-4-6-16(23-2)17(13)24-3/h4-12H,1-3H3,(H,21,22)/b20-11-/t12-/m0/s1. The summed E-state index contributed by atoms with van der Waals surface area (Å²) in [6.45, 7) is 1.63. The lowest BCUT2D eigenvalue weighted by molar-refractivity contribution is -0.127. The fourth-order valence-electron chi connectivity index (χ4n) is 2.04. The van der Waals surface area contributed by atoms with Crippen LogP contribution in [0.15, 0.2) is 47.6 Å². The van der Waals surface area contributed by atoms with Crippen molar-refractivity contribution >= 4 is 23.7 Å². The quantitative estimate of drug-likeness (QED) is 0.606. The molecule has 6 nitrogen and oxygen atoms in total. The lowest BCUT2D eigenvalue weighted by Gasteiger charge is -2.13. The van der Waals surface area contributed by atoms with Crippen LogP contribution in [0.1, 0.15) is 12.5 Å². The molecule has 1 amide bonds. The molecule has 2 aromatic rings. The molecule has 1 atom stereocenters. The van der Waals surface area contributed by atoms with Crippen molar-refractivity contribution in [2.24, 2.45) is 5.10 Å². The summed E-state index contributed by atoms with van der Waals surface area (Å²) in [6.07, 6.45) is 0.763. The van der Waals surface area contributed by atoms with Gasteiger partial charge in [0.15, 0.2) is 17.6 Å². The van der Waals surface area contributed by atoms with Crippen molar-refractivity contribution in [1.29, 1.82) is 0 Å². The minimum absolute atomic E-state index is 0.381. The first kappa shape index (κ1) is 18.6. The maximum atomic E-state index is 12.1. The Hall–Kier alpha value is -2.73. The fourth-order valence-corrected chi connectivity index (χ4v) is 2.17. The van der Waals surface area contributed by atoms with Gasteiger partial charge >= 0.3 is 0 Å². The third-order valence-corrected chi connectivity index (χ3v) is 3.56. The minimum atomic E-state index is -0.717. The number of ether oxygens (including phenoxy) is 3. The van der Waals surface area contributed by atoms with Crippen molar-refractivity contribution in [1.82, 2.24) is 5.43 Å². The average molecular weight is 363 g/mol. The molecule has 0 saturated heterocycles. The van der Waals surface area contributed by atoms with Gasteiger partial charge in [0.1, 0.15) is 5.75 Å². The predicted octanol–water partition coefficient (Wildman–Crippen LogP) is 3.27. The van der Waals surface area contributed by atoms with Crippen LogP contribution >= 0.6 is 11.6 Å². The highest BCUT2D eigenvalue weighted by atomic mass is 35.5. The number of nitrogens with one attached hydrogen (secondary N) is 1. The summed E-state index contributed by atoms with van der Waals surface area (Å²) in [6, 6.07) is 12.1. The number of hydrazone groups is 1. The zero-order chi connectivity index (χ0) is 18.2. The van der Waals surface area contributed by atoms with E-state index in [0.717, 1.165) is 0 Å². The average Bonchev–Trinajstić information content (AvgIpc) is 2.63. The van der Waals surface area contributed by atoms with E-state index in [1.807, 2.05) is 0 Å². The zero-order valence-corrected chi connectivity index (χ0v) is 14.9. The molecular formula is C18H19ClN2O4. The van der Waals surface area contributed by atoms with Gasteiger partial charge in [0, 0.05) is 10.6 Å². The maximum absolute atomic E-state index is 12.1. The third kappa shape index (κ3) is 5.12. The summed E-state index contributed by atoms with van der Waals surface area (Å²) >= 11 is 5.81. The van der Waals surface area contributed by atoms with E-state index in [1.165, 1.54) is 13.3 Å². The van der Waals surface area contributed by atoms with Crippen molar-refractivity contribution in [2.75, 3.05) is 14.2 Å². The first-order valence-corrected chi connectivity index (χ1v) is 7.89. The molecule has 7 heteroatoms. The molecule has 2 aromatic carbocycles. The van der Waals surface area contributed by atoms with Gasteiger partial charge in [-0.2, -0.15) is 5.10 Å². The Labute approximate surface area is 151 Å². The maximum Gasteiger partial charge on any atom is 0.280 e. The topological polar surface area (TPSA) is 69.2 Å². The Morgan fingerprint density at radius 2 is 1.88 bits per heavy atom. The summed E-state index contributed by atoms with van der Waals surface area (Å²) in [7, 11) is 3.09. The highest BCUT2D eigenvalue weighted by molar-refractivity contribution is 6.30. The zero-order valence-electron chi connectivity index (χ0n) is 14.2. The van der Waals surface area contributed by atoms with Crippen molar-refractivity contribution in [2.45, 2.75) is 13.0 Å². The molecule has 0 bridgehead atoms. The van der Waals surface area contributed by atoms with E-state index >= 15 is 0 Å². The number of benzene rings is 2. The number of nitrogens with zero attached hydrogens (tertiary/aromatic N) is 1. The smallest absolute Gasteiger partial charge is 0.280 e. The molecular weight excluding hydrogens is 344 g/mol. The summed E-state index contributed by atoms with van der Waals surface area (Å²) in [5, 5.41) is 4.54. The van der Waals surface area contributed by atoms with Crippen LogP contribution in [0.5, 0.6) is 17.2 Å². The van der Waals surface area contributed by atoms with E-state index in [4.69, 9.17) is 25.8 Å². The highest BCUT2D eigenvalue weighted by Gasteiger charge is 2.14. The first-order valence-electron chi connectivity index (χ1n) is 7.51. The SMILES string of the molecule is COc1cccc(/C=N\NC(=O)[C@H](C)Oc2ccc(Cl)cc2)c1OC. The van der Waals surface area contributed by atoms with Crippen LogP contribution in [0.2, 0.25) is 5.02 Å². The number of rotatable bonds is 7. The predicted molar refractivity (Wildman–Crippen MR) is 96.8 cm³/mol. The van der Waals surface area contributed by atoms with Crippen LogP contribution in [0.3, 0.4) is 0 Å². The van der Waals surface area contributed by atoms with E-state index in [2.05, 4.69) is 10.5 Å². The van der Waals surface area contributed by atoms with Gasteiger partial charge in [0.25, 0.3) is 5.91 Å². The van der Waals surface area contributed by atoms with Gasteiger partial charge in [-0.25, -0.2) is 5.43 Å². The molecule has 0 heterocycles. The van der Waals surface area contributed by atoms with E-state index in [9.17, 15) is 4.79 Å². The Morgan fingerprint density at radius 3 is 2.52 bits per heavy atom. The van der Waals surface area contributed by atoms with E-state index in [-0.39, 0.29) is 5.91 Å². The second-order valence-electron chi connectivity index (χ2n) is 5.03. The Bertz CT molecular complexity index is 747. The molecule has 0 aromatic heterocycles. The van der Waals surface area contributed by atoms with Crippen LogP contribution in [0, 0.1) is 0 Å². The normalized spacial score (nSPS) is 11.8. The number of carbonyl (C=O) groups is 1. The van der Waals surface area contributed by atoms with Gasteiger partial charge in [-0.15, -0.1) is 0 Å². The number of amides is 1. The Balaban J connectivity index is 1.97. The lowest BCUT2D eigenvalue weighted by Crippen LogP contribution is -2.33. The number of halogens is 1. The van der Waals surface area contributed by atoms with Crippen LogP contribution in [-0.2, 0) is 4.79 Å². The van der Waals surface area contributed by atoms with Gasteiger partial charge in [-0.1, -0.05) is 17.7 Å². The van der Waals surface area contributed by atoms with Crippen molar-refractivity contribution in [3.05, 3.63) is 53.1 Å². The lowest BCUT2D eigenvalue weighted by atomic mass is 10.2. The van der Waals surface area contributed by atoms with Crippen LogP contribution < -0.4 is 19.6 Å². The molecule has 0 spiro atoms. The van der Waals surface area contributed by atoms with Crippen LogP contribution in [0.4, 0.5) is 0 Å². The molecule has 2 rings (SSSR count). The number of hydrogen-bond acceptors (Lipinski definition) is 5. The molecule has 0 fully saturated rings. The molecule has 0 radical (unpaired) electrons. The summed E-state index contributed by atoms with van der Waals surface area (Å²) in [4.78, 5) is 12.1. The van der Waals surface area contributed by atoms with Gasteiger partial charge < -0.3 is 14.2 Å². The van der Waals surface area contributed by atoms with E-state index in [0.29, 0.717) is 27.8 Å². The van der Waals surface area contributed by atoms with Crippen molar-refractivity contribution in [3.8, 4) is 17.2 Å². The van der Waals surface area contributed by atoms with Gasteiger partial charge in [0.05, 0.1) is 20.4 Å². The Morgan fingerprint density at radius 1 is 1.16 bits per heavy atom. The van der Waals surface area contributed by atoms with E-state index < -0.39 is 6.10 Å². The molecule has 0 unspecified atom stereocenters. The van der Waals surface area contributed by atoms with Gasteiger partial charge in [0.2, 0.25) is 0 Å². The number of methoxy groups -OCH3 is 2. The second-order valence-corrected chi connectivity index (χ2v) is 5.47. The molecule has 0 aliphatic carbocycles. The minimum Gasteiger partial charge on any atom is -0.493 e. The third-order valence-electron chi connectivity index (χ3n) is 3.31. The first-order chi connectivity index (χ1) is 12.0. The van der Waals surface area contributed by atoms with Gasteiger partial charge in [-0.3, -0.25) is 4.79 Å². The Kier molecular flexibility index (Phi) is 6.65. The molecule has 0 saturated carbocycles. The summed E-state index contributed by atoms with van der Waals surface area (Å²) in [5.74, 6) is 1.28. The molecule has 0 aliphatic rings. The number of para-hydroxylation sites is 1. The fraction of sp³-hybridized carbons (Fsp3) is 0.222. The van der Waals surface area contributed by atoms with Gasteiger partial charge in [-0.05, 0) is 43.3 Å². The number of carbonyl (C=O) groups excluding carboxylic acids is 1. The highest BCUT2D eigenvalue weighted by Crippen LogP contribution is 2.29. The molecule has 1 N–H and O–H groups in total. The van der Waals surface area contributed by atoms with Crippen molar-refractivity contribution in [3.63, 3.8) is 0 Å². The van der Waals surface area contributed by atoms with E-state index in [1.54, 1.807) is 56.5 Å². The van der Waals surface area contributed by atoms with Crippen LogP contribution in [0.25, 0.3) is 0 Å². The molecule has 25 heavy (non-hydrogen) atoms. The largest absolute Gasteiger partial charge is 0.493 e. The molecule has 132 valence electrons. The monoisotopic (exact) mass is 362 g/mol. The van der Waals surface area contributed by atoms with Crippen molar-refractivity contribution < 1.29 is 19.0 Å². The summed E-state index contributed by atoms with van der Waals surface area (Å²) < 4.78 is 16.0. The summed E-state index contributed by atoms with van der Waals surface area (Å²) in [5.41, 5.74) is 3.11. The second kappa shape index (κ2) is 8.94.